The Bertz CT molecular complexity index is 694. The minimum absolute atomic E-state index is 0.0478. The lowest BCUT2D eigenvalue weighted by atomic mass is 9.90. The van der Waals surface area contributed by atoms with Gasteiger partial charge in [-0.2, -0.15) is 0 Å². The number of ether oxygens (including phenoxy) is 1. The third-order valence-corrected chi connectivity index (χ3v) is 4.45. The smallest absolute Gasteiger partial charge is 0.224 e. The van der Waals surface area contributed by atoms with Crippen molar-refractivity contribution in [3.8, 4) is 5.75 Å². The molecule has 0 saturated carbocycles. The Kier molecular flexibility index (Phi) is 4.96. The highest BCUT2D eigenvalue weighted by molar-refractivity contribution is 5.78. The molecule has 0 radical (unpaired) electrons. The number of carbonyl (C=O) groups is 1. The molecule has 3 rings (SSSR count). The van der Waals surface area contributed by atoms with Crippen LogP contribution in [0.2, 0.25) is 0 Å². The zero-order valence-electron chi connectivity index (χ0n) is 13.6. The van der Waals surface area contributed by atoms with Gasteiger partial charge in [-0.15, -0.1) is 0 Å². The van der Waals surface area contributed by atoms with Gasteiger partial charge in [0.15, 0.2) is 0 Å². The van der Waals surface area contributed by atoms with Crippen LogP contribution in [0.4, 0.5) is 0 Å². The number of rotatable bonds is 5. The van der Waals surface area contributed by atoms with Crippen molar-refractivity contribution in [3.63, 3.8) is 0 Å². The van der Waals surface area contributed by atoms with E-state index in [1.165, 1.54) is 30.4 Å². The molecule has 1 aliphatic carbocycles. The van der Waals surface area contributed by atoms with Gasteiger partial charge < -0.3 is 10.1 Å². The molecule has 0 fully saturated rings. The minimum atomic E-state index is 0.0478. The lowest BCUT2D eigenvalue weighted by Crippen LogP contribution is -2.24. The van der Waals surface area contributed by atoms with Gasteiger partial charge in [-0.25, -0.2) is 0 Å². The van der Waals surface area contributed by atoms with E-state index in [9.17, 15) is 4.79 Å². The molecular weight excluding hydrogens is 286 g/mol. The van der Waals surface area contributed by atoms with E-state index in [0.717, 1.165) is 23.3 Å². The van der Waals surface area contributed by atoms with Gasteiger partial charge in [0, 0.05) is 12.1 Å². The molecule has 1 N–H and O–H groups in total. The molecule has 3 nitrogen and oxygen atoms in total. The van der Waals surface area contributed by atoms with Crippen molar-refractivity contribution in [1.82, 2.24) is 5.32 Å². The molecule has 0 aliphatic heterocycles. The van der Waals surface area contributed by atoms with Crippen LogP contribution in [0.5, 0.6) is 5.75 Å². The monoisotopic (exact) mass is 309 g/mol. The second kappa shape index (κ2) is 7.32. The Morgan fingerprint density at radius 2 is 1.87 bits per heavy atom. The lowest BCUT2D eigenvalue weighted by Gasteiger charge is -2.16. The van der Waals surface area contributed by atoms with E-state index < -0.39 is 0 Å². The molecule has 0 aromatic heterocycles. The van der Waals surface area contributed by atoms with E-state index in [1.807, 2.05) is 24.3 Å². The maximum Gasteiger partial charge on any atom is 0.224 e. The SMILES string of the molecule is COc1ccccc1CNC(=O)Cc1ccc2c(c1)CCCC2. The summed E-state index contributed by atoms with van der Waals surface area (Å²) in [5, 5.41) is 2.98. The number of carbonyl (C=O) groups excluding carboxylic acids is 1. The van der Waals surface area contributed by atoms with Gasteiger partial charge in [0.1, 0.15) is 5.75 Å². The number of hydrogen-bond acceptors (Lipinski definition) is 2. The number of methoxy groups -OCH3 is 1. The first-order valence-corrected chi connectivity index (χ1v) is 8.25. The Morgan fingerprint density at radius 3 is 2.70 bits per heavy atom. The number of para-hydroxylation sites is 1. The topological polar surface area (TPSA) is 38.3 Å². The van der Waals surface area contributed by atoms with Crippen LogP contribution in [-0.4, -0.2) is 13.0 Å². The highest BCUT2D eigenvalue weighted by Crippen LogP contribution is 2.22. The van der Waals surface area contributed by atoms with E-state index in [-0.39, 0.29) is 5.91 Å². The summed E-state index contributed by atoms with van der Waals surface area (Å²) in [6.07, 6.45) is 5.30. The quantitative estimate of drug-likeness (QED) is 0.919. The number of amides is 1. The molecular formula is C20H23NO2. The first-order valence-electron chi connectivity index (χ1n) is 8.25. The van der Waals surface area contributed by atoms with Crippen LogP contribution >= 0.6 is 0 Å². The number of fused-ring (bicyclic) bond motifs is 1. The molecule has 1 aliphatic rings. The molecule has 23 heavy (non-hydrogen) atoms. The van der Waals surface area contributed by atoms with E-state index in [4.69, 9.17) is 4.74 Å². The predicted octanol–water partition coefficient (Wildman–Crippen LogP) is 3.43. The number of hydrogen-bond donors (Lipinski definition) is 1. The summed E-state index contributed by atoms with van der Waals surface area (Å²) >= 11 is 0. The Labute approximate surface area is 137 Å². The van der Waals surface area contributed by atoms with Crippen LogP contribution in [0.15, 0.2) is 42.5 Å². The average molecular weight is 309 g/mol. The van der Waals surface area contributed by atoms with Crippen LogP contribution in [0.25, 0.3) is 0 Å². The number of aryl methyl sites for hydroxylation is 2. The highest BCUT2D eigenvalue weighted by atomic mass is 16.5. The van der Waals surface area contributed by atoms with Crippen molar-refractivity contribution in [1.29, 1.82) is 0 Å². The summed E-state index contributed by atoms with van der Waals surface area (Å²) in [7, 11) is 1.65. The lowest BCUT2D eigenvalue weighted by molar-refractivity contribution is -0.120. The molecule has 120 valence electrons. The van der Waals surface area contributed by atoms with Gasteiger partial charge in [-0.3, -0.25) is 4.79 Å². The summed E-state index contributed by atoms with van der Waals surface area (Å²) in [4.78, 5) is 12.2. The highest BCUT2D eigenvalue weighted by Gasteiger charge is 2.11. The third-order valence-electron chi connectivity index (χ3n) is 4.45. The van der Waals surface area contributed by atoms with E-state index in [2.05, 4.69) is 23.5 Å². The molecule has 0 bridgehead atoms. The molecule has 2 aromatic carbocycles. The largest absolute Gasteiger partial charge is 0.496 e. The zero-order chi connectivity index (χ0) is 16.1. The fraction of sp³-hybridized carbons (Fsp3) is 0.350. The summed E-state index contributed by atoms with van der Waals surface area (Å²) in [5.41, 5.74) is 4.97. The normalized spacial score (nSPS) is 13.3. The van der Waals surface area contributed by atoms with Crippen molar-refractivity contribution in [3.05, 3.63) is 64.7 Å². The molecule has 2 aromatic rings. The van der Waals surface area contributed by atoms with Crippen molar-refractivity contribution in [2.45, 2.75) is 38.6 Å². The molecule has 1 amide bonds. The minimum Gasteiger partial charge on any atom is -0.496 e. The van der Waals surface area contributed by atoms with Gasteiger partial charge in [-0.1, -0.05) is 36.4 Å². The van der Waals surface area contributed by atoms with Gasteiger partial charge >= 0.3 is 0 Å². The number of benzene rings is 2. The molecule has 3 heteroatoms. The molecule has 0 atom stereocenters. The second-order valence-corrected chi connectivity index (χ2v) is 6.08. The molecule has 0 heterocycles. The summed E-state index contributed by atoms with van der Waals surface area (Å²) in [6.45, 7) is 0.494. The van der Waals surface area contributed by atoms with Crippen LogP contribution in [0, 0.1) is 0 Å². The Morgan fingerprint density at radius 1 is 1.09 bits per heavy atom. The van der Waals surface area contributed by atoms with Gasteiger partial charge in [0.25, 0.3) is 0 Å². The second-order valence-electron chi connectivity index (χ2n) is 6.08. The molecule has 0 spiro atoms. The maximum atomic E-state index is 12.2. The standard InChI is InChI=1S/C20H23NO2/c1-23-19-9-5-4-8-18(19)14-21-20(22)13-15-10-11-16-6-2-3-7-17(16)12-15/h4-5,8-12H,2-3,6-7,13-14H2,1H3,(H,21,22). The van der Waals surface area contributed by atoms with E-state index in [0.29, 0.717) is 13.0 Å². The van der Waals surface area contributed by atoms with E-state index >= 15 is 0 Å². The van der Waals surface area contributed by atoms with Crippen molar-refractivity contribution in [2.75, 3.05) is 7.11 Å². The van der Waals surface area contributed by atoms with E-state index in [1.54, 1.807) is 7.11 Å². The fourth-order valence-electron chi connectivity index (χ4n) is 3.19. The fourth-order valence-corrected chi connectivity index (χ4v) is 3.19. The summed E-state index contributed by atoms with van der Waals surface area (Å²) in [6, 6.07) is 14.2. The first-order chi connectivity index (χ1) is 11.3. The van der Waals surface area contributed by atoms with Crippen LogP contribution < -0.4 is 10.1 Å². The van der Waals surface area contributed by atoms with Crippen molar-refractivity contribution in [2.24, 2.45) is 0 Å². The summed E-state index contributed by atoms with van der Waals surface area (Å²) in [5.74, 6) is 0.855. The third kappa shape index (κ3) is 3.92. The van der Waals surface area contributed by atoms with Gasteiger partial charge in [-0.05, 0) is 48.4 Å². The van der Waals surface area contributed by atoms with Crippen molar-refractivity contribution >= 4 is 5.91 Å². The van der Waals surface area contributed by atoms with Crippen LogP contribution in [-0.2, 0) is 30.6 Å². The molecule has 0 unspecified atom stereocenters. The molecule has 0 saturated heterocycles. The first kappa shape index (κ1) is 15.6. The zero-order valence-corrected chi connectivity index (χ0v) is 13.6. The maximum absolute atomic E-state index is 12.2. The summed E-state index contributed by atoms with van der Waals surface area (Å²) < 4.78 is 5.31. The Balaban J connectivity index is 1.59. The van der Waals surface area contributed by atoms with Crippen molar-refractivity contribution < 1.29 is 9.53 Å². The van der Waals surface area contributed by atoms with Crippen LogP contribution in [0.3, 0.4) is 0 Å². The average Bonchev–Trinajstić information content (AvgIpc) is 2.60. The van der Waals surface area contributed by atoms with Gasteiger partial charge in [0.05, 0.1) is 13.5 Å². The predicted molar refractivity (Wildman–Crippen MR) is 91.6 cm³/mol. The Hall–Kier alpha value is -2.29. The van der Waals surface area contributed by atoms with Crippen LogP contribution in [0.1, 0.15) is 35.1 Å². The number of nitrogens with one attached hydrogen (secondary N) is 1. The van der Waals surface area contributed by atoms with Gasteiger partial charge in [0.2, 0.25) is 5.91 Å².